The van der Waals surface area contributed by atoms with Gasteiger partial charge in [-0.1, -0.05) is 32.0 Å². The smallest absolute Gasteiger partial charge is 0.227 e. The van der Waals surface area contributed by atoms with Crippen LogP contribution in [0.25, 0.3) is 0 Å². The summed E-state index contributed by atoms with van der Waals surface area (Å²) < 4.78 is 0. The van der Waals surface area contributed by atoms with Crippen molar-refractivity contribution in [3.8, 4) is 0 Å². The van der Waals surface area contributed by atoms with Gasteiger partial charge < -0.3 is 10.2 Å². The van der Waals surface area contributed by atoms with Gasteiger partial charge in [0.15, 0.2) is 0 Å². The monoisotopic (exact) mass is 288 g/mol. The summed E-state index contributed by atoms with van der Waals surface area (Å²) in [6.07, 6.45) is 3.22. The summed E-state index contributed by atoms with van der Waals surface area (Å²) >= 11 is 0. The van der Waals surface area contributed by atoms with Crippen molar-refractivity contribution in [2.45, 2.75) is 45.6 Å². The van der Waals surface area contributed by atoms with E-state index in [0.29, 0.717) is 6.42 Å². The van der Waals surface area contributed by atoms with Crippen molar-refractivity contribution < 1.29 is 9.59 Å². The van der Waals surface area contributed by atoms with E-state index in [1.807, 2.05) is 42.2 Å². The molecule has 4 heteroatoms. The largest absolute Gasteiger partial charge is 0.340 e. The number of benzene rings is 1. The molecule has 0 aromatic heterocycles. The Morgan fingerprint density at radius 3 is 2.62 bits per heavy atom. The number of hydrogen-bond acceptors (Lipinski definition) is 2. The lowest BCUT2D eigenvalue weighted by atomic mass is 9.98. The van der Waals surface area contributed by atoms with E-state index in [9.17, 15) is 9.59 Å². The predicted molar refractivity (Wildman–Crippen MR) is 83.9 cm³/mol. The fraction of sp³-hybridized carbons (Fsp3) is 0.529. The topological polar surface area (TPSA) is 49.4 Å². The minimum atomic E-state index is -0.108. The number of hydrogen-bond donors (Lipinski definition) is 1. The van der Waals surface area contributed by atoms with Crippen LogP contribution in [-0.2, 0) is 9.59 Å². The molecule has 0 spiro atoms. The van der Waals surface area contributed by atoms with Gasteiger partial charge in [0.05, 0.1) is 0 Å². The molecule has 1 fully saturated rings. The van der Waals surface area contributed by atoms with Gasteiger partial charge >= 0.3 is 0 Å². The predicted octanol–water partition coefficient (Wildman–Crippen LogP) is 3.05. The summed E-state index contributed by atoms with van der Waals surface area (Å²) in [6, 6.07) is 9.66. The minimum Gasteiger partial charge on any atom is -0.340 e. The van der Waals surface area contributed by atoms with Crippen LogP contribution in [-0.4, -0.2) is 29.3 Å². The van der Waals surface area contributed by atoms with Crippen molar-refractivity contribution in [2.75, 3.05) is 11.9 Å². The van der Waals surface area contributed by atoms with E-state index in [4.69, 9.17) is 0 Å². The Morgan fingerprint density at radius 2 is 2.05 bits per heavy atom. The average molecular weight is 288 g/mol. The summed E-state index contributed by atoms with van der Waals surface area (Å²) in [5.41, 5.74) is 0.819. The van der Waals surface area contributed by atoms with Gasteiger partial charge in [0.2, 0.25) is 11.8 Å². The SMILES string of the molecule is CCC(CC(C)C(=O)Nc1ccccc1)N1CCCC1=O. The third kappa shape index (κ3) is 4.06. The third-order valence-corrected chi connectivity index (χ3v) is 4.14. The third-order valence-electron chi connectivity index (χ3n) is 4.14. The lowest BCUT2D eigenvalue weighted by Crippen LogP contribution is -2.38. The minimum absolute atomic E-state index is 0.0197. The van der Waals surface area contributed by atoms with Crippen LogP contribution in [0.15, 0.2) is 30.3 Å². The molecule has 1 aromatic carbocycles. The molecule has 1 heterocycles. The Labute approximate surface area is 126 Å². The van der Waals surface area contributed by atoms with Crippen molar-refractivity contribution in [2.24, 2.45) is 5.92 Å². The number of carbonyl (C=O) groups is 2. The first kappa shape index (κ1) is 15.5. The average Bonchev–Trinajstić information content (AvgIpc) is 2.91. The van der Waals surface area contributed by atoms with Gasteiger partial charge in [-0.05, 0) is 31.4 Å². The lowest BCUT2D eigenvalue weighted by molar-refractivity contribution is -0.131. The fourth-order valence-electron chi connectivity index (χ4n) is 2.87. The maximum absolute atomic E-state index is 12.2. The number of carbonyl (C=O) groups excluding carboxylic acids is 2. The van der Waals surface area contributed by atoms with Gasteiger partial charge in [-0.25, -0.2) is 0 Å². The second-order valence-electron chi connectivity index (χ2n) is 5.74. The van der Waals surface area contributed by atoms with E-state index < -0.39 is 0 Å². The van der Waals surface area contributed by atoms with Crippen molar-refractivity contribution >= 4 is 17.5 Å². The number of nitrogens with zero attached hydrogens (tertiary/aromatic N) is 1. The van der Waals surface area contributed by atoms with E-state index in [0.717, 1.165) is 31.5 Å². The Hall–Kier alpha value is -1.84. The first-order valence-corrected chi connectivity index (χ1v) is 7.77. The Bertz CT molecular complexity index is 487. The maximum atomic E-state index is 12.2. The molecule has 4 nitrogen and oxygen atoms in total. The van der Waals surface area contributed by atoms with Crippen LogP contribution in [0.4, 0.5) is 5.69 Å². The molecular formula is C17H24N2O2. The second kappa shape index (κ2) is 7.25. The molecule has 1 aliphatic heterocycles. The highest BCUT2D eigenvalue weighted by atomic mass is 16.2. The highest BCUT2D eigenvalue weighted by molar-refractivity contribution is 5.92. The van der Waals surface area contributed by atoms with Crippen molar-refractivity contribution in [1.29, 1.82) is 0 Å². The number of anilines is 1. The van der Waals surface area contributed by atoms with Crippen LogP contribution in [0.3, 0.4) is 0 Å². The zero-order valence-corrected chi connectivity index (χ0v) is 12.8. The van der Waals surface area contributed by atoms with E-state index in [1.54, 1.807) is 0 Å². The van der Waals surface area contributed by atoms with Crippen LogP contribution in [0.2, 0.25) is 0 Å². The molecule has 114 valence electrons. The van der Waals surface area contributed by atoms with Gasteiger partial charge in [-0.3, -0.25) is 9.59 Å². The standard InChI is InChI=1S/C17H24N2O2/c1-3-15(19-11-7-10-16(19)20)12-13(2)17(21)18-14-8-5-4-6-9-14/h4-6,8-9,13,15H,3,7,10-12H2,1-2H3,(H,18,21). The van der Waals surface area contributed by atoms with E-state index >= 15 is 0 Å². The summed E-state index contributed by atoms with van der Waals surface area (Å²) in [7, 11) is 0. The van der Waals surface area contributed by atoms with Crippen LogP contribution in [0.1, 0.15) is 39.5 Å². The number of amides is 2. The van der Waals surface area contributed by atoms with Gasteiger partial charge in [0.25, 0.3) is 0 Å². The molecule has 2 rings (SSSR count). The molecule has 1 aliphatic rings. The molecular weight excluding hydrogens is 264 g/mol. The van der Waals surface area contributed by atoms with Crippen LogP contribution in [0.5, 0.6) is 0 Å². The van der Waals surface area contributed by atoms with Crippen molar-refractivity contribution in [3.05, 3.63) is 30.3 Å². The van der Waals surface area contributed by atoms with E-state index in [2.05, 4.69) is 12.2 Å². The zero-order chi connectivity index (χ0) is 15.2. The number of nitrogens with one attached hydrogen (secondary N) is 1. The highest BCUT2D eigenvalue weighted by Crippen LogP contribution is 2.22. The molecule has 0 saturated carbocycles. The van der Waals surface area contributed by atoms with E-state index in [-0.39, 0.29) is 23.8 Å². The number of para-hydroxylation sites is 1. The molecule has 0 radical (unpaired) electrons. The number of likely N-dealkylation sites (tertiary alicyclic amines) is 1. The maximum Gasteiger partial charge on any atom is 0.227 e. The molecule has 0 aliphatic carbocycles. The first-order chi connectivity index (χ1) is 10.1. The van der Waals surface area contributed by atoms with Gasteiger partial charge in [-0.15, -0.1) is 0 Å². The van der Waals surface area contributed by atoms with Crippen molar-refractivity contribution in [1.82, 2.24) is 4.90 Å². The van der Waals surface area contributed by atoms with Gasteiger partial charge in [-0.2, -0.15) is 0 Å². The van der Waals surface area contributed by atoms with Gasteiger partial charge in [0.1, 0.15) is 0 Å². The zero-order valence-electron chi connectivity index (χ0n) is 12.8. The van der Waals surface area contributed by atoms with Crippen LogP contribution in [0, 0.1) is 5.92 Å². The summed E-state index contributed by atoms with van der Waals surface area (Å²) in [5, 5.41) is 2.93. The van der Waals surface area contributed by atoms with Crippen molar-refractivity contribution in [3.63, 3.8) is 0 Å². The molecule has 1 saturated heterocycles. The normalized spacial score (nSPS) is 17.6. The molecule has 0 bridgehead atoms. The Balaban J connectivity index is 1.91. The Kier molecular flexibility index (Phi) is 5.37. The van der Waals surface area contributed by atoms with E-state index in [1.165, 1.54) is 0 Å². The number of rotatable bonds is 6. The molecule has 21 heavy (non-hydrogen) atoms. The molecule has 2 amide bonds. The van der Waals surface area contributed by atoms with Crippen LogP contribution >= 0.6 is 0 Å². The first-order valence-electron chi connectivity index (χ1n) is 7.77. The highest BCUT2D eigenvalue weighted by Gasteiger charge is 2.29. The van der Waals surface area contributed by atoms with Gasteiger partial charge in [0, 0.05) is 30.6 Å². The Morgan fingerprint density at radius 1 is 1.33 bits per heavy atom. The summed E-state index contributed by atoms with van der Waals surface area (Å²) in [5.74, 6) is 0.146. The quantitative estimate of drug-likeness (QED) is 0.874. The molecule has 2 atom stereocenters. The van der Waals surface area contributed by atoms with Crippen LogP contribution < -0.4 is 5.32 Å². The molecule has 1 N–H and O–H groups in total. The lowest BCUT2D eigenvalue weighted by Gasteiger charge is -2.28. The summed E-state index contributed by atoms with van der Waals surface area (Å²) in [4.78, 5) is 26.0. The summed E-state index contributed by atoms with van der Waals surface area (Å²) in [6.45, 7) is 4.85. The molecule has 1 aromatic rings. The molecule has 2 unspecified atom stereocenters. The fourth-order valence-corrected chi connectivity index (χ4v) is 2.87. The second-order valence-corrected chi connectivity index (χ2v) is 5.74.